The van der Waals surface area contributed by atoms with Crippen LogP contribution in [0.3, 0.4) is 0 Å². The van der Waals surface area contributed by atoms with E-state index in [4.69, 9.17) is 4.74 Å². The van der Waals surface area contributed by atoms with E-state index in [-0.39, 0.29) is 24.0 Å². The van der Waals surface area contributed by atoms with E-state index in [1.807, 2.05) is 13.1 Å². The molecule has 1 aromatic rings. The number of fused-ring (bicyclic) bond motifs is 1. The highest BCUT2D eigenvalue weighted by molar-refractivity contribution is 14.0. The Bertz CT molecular complexity index is 465. The van der Waals surface area contributed by atoms with Crippen molar-refractivity contribution in [1.82, 2.24) is 10.6 Å². The second kappa shape index (κ2) is 10.7. The molecule has 2 rings (SSSR count). The number of nitrogens with one attached hydrogen (secondary N) is 2. The highest BCUT2D eigenvalue weighted by Crippen LogP contribution is 2.32. The topological polar surface area (TPSA) is 45.7 Å². The normalized spacial score (nSPS) is 17.0. The van der Waals surface area contributed by atoms with Crippen LogP contribution in [0, 0.1) is 0 Å². The van der Waals surface area contributed by atoms with Gasteiger partial charge in [0, 0.05) is 26.1 Å². The SMILES string of the molecule is CCCCCNC(=NC)NCC1CCOc2ccccc21.I. The van der Waals surface area contributed by atoms with Gasteiger partial charge in [0.15, 0.2) is 5.96 Å². The lowest BCUT2D eigenvalue weighted by atomic mass is 9.93. The van der Waals surface area contributed by atoms with E-state index in [0.29, 0.717) is 5.92 Å². The number of benzene rings is 1. The number of halogens is 1. The fourth-order valence-electron chi connectivity index (χ4n) is 2.65. The van der Waals surface area contributed by atoms with Gasteiger partial charge in [-0.05, 0) is 24.5 Å². The predicted molar refractivity (Wildman–Crippen MR) is 104 cm³/mol. The van der Waals surface area contributed by atoms with Gasteiger partial charge in [-0.1, -0.05) is 38.0 Å². The summed E-state index contributed by atoms with van der Waals surface area (Å²) in [5, 5.41) is 6.82. The lowest BCUT2D eigenvalue weighted by Crippen LogP contribution is -2.40. The lowest BCUT2D eigenvalue weighted by molar-refractivity contribution is 0.267. The Hall–Kier alpha value is -0.980. The smallest absolute Gasteiger partial charge is 0.190 e. The monoisotopic (exact) mass is 417 g/mol. The minimum Gasteiger partial charge on any atom is -0.493 e. The molecule has 1 aliphatic heterocycles. The van der Waals surface area contributed by atoms with Gasteiger partial charge in [-0.3, -0.25) is 4.99 Å². The molecule has 2 N–H and O–H groups in total. The number of hydrogen-bond donors (Lipinski definition) is 2. The second-order valence-electron chi connectivity index (χ2n) is 5.46. The van der Waals surface area contributed by atoms with Gasteiger partial charge in [0.2, 0.25) is 0 Å². The largest absolute Gasteiger partial charge is 0.493 e. The Balaban J connectivity index is 0.00000242. The van der Waals surface area contributed by atoms with E-state index in [1.54, 1.807) is 0 Å². The average molecular weight is 417 g/mol. The van der Waals surface area contributed by atoms with Crippen molar-refractivity contribution >= 4 is 29.9 Å². The molecule has 5 heteroatoms. The number of ether oxygens (including phenoxy) is 1. The van der Waals surface area contributed by atoms with E-state index in [9.17, 15) is 0 Å². The van der Waals surface area contributed by atoms with Crippen molar-refractivity contribution in [3.63, 3.8) is 0 Å². The van der Waals surface area contributed by atoms with Crippen LogP contribution >= 0.6 is 24.0 Å². The molecule has 0 saturated carbocycles. The molecule has 0 aliphatic carbocycles. The summed E-state index contributed by atoms with van der Waals surface area (Å²) in [7, 11) is 1.83. The van der Waals surface area contributed by atoms with Crippen molar-refractivity contribution < 1.29 is 4.74 Å². The fraction of sp³-hybridized carbons (Fsp3) is 0.588. The summed E-state index contributed by atoms with van der Waals surface area (Å²) in [6.45, 7) is 4.90. The Kier molecular flexibility index (Phi) is 9.27. The molecule has 0 saturated heterocycles. The molecule has 0 aromatic heterocycles. The van der Waals surface area contributed by atoms with Gasteiger partial charge >= 0.3 is 0 Å². The van der Waals surface area contributed by atoms with Crippen molar-refractivity contribution in [3.8, 4) is 5.75 Å². The fourth-order valence-corrected chi connectivity index (χ4v) is 2.65. The Morgan fingerprint density at radius 3 is 2.86 bits per heavy atom. The molecule has 0 radical (unpaired) electrons. The maximum atomic E-state index is 5.70. The lowest BCUT2D eigenvalue weighted by Gasteiger charge is -2.26. The van der Waals surface area contributed by atoms with Crippen LogP contribution in [0.2, 0.25) is 0 Å². The number of hydrogen-bond acceptors (Lipinski definition) is 2. The van der Waals surface area contributed by atoms with Crippen LogP contribution < -0.4 is 15.4 Å². The van der Waals surface area contributed by atoms with Crippen LogP contribution in [0.1, 0.15) is 44.1 Å². The van der Waals surface area contributed by atoms with Gasteiger partial charge in [-0.25, -0.2) is 0 Å². The van der Waals surface area contributed by atoms with Gasteiger partial charge in [-0.2, -0.15) is 0 Å². The third-order valence-corrected chi connectivity index (χ3v) is 3.90. The van der Waals surface area contributed by atoms with E-state index in [0.717, 1.165) is 37.8 Å². The first-order valence-corrected chi connectivity index (χ1v) is 8.01. The number of rotatable bonds is 6. The number of aliphatic imine (C=N–C) groups is 1. The molecule has 1 heterocycles. The summed E-state index contributed by atoms with van der Waals surface area (Å²) in [6.07, 6.45) is 4.75. The van der Waals surface area contributed by atoms with Crippen LogP contribution in [0.25, 0.3) is 0 Å². The number of para-hydroxylation sites is 1. The molecule has 1 aliphatic rings. The van der Waals surface area contributed by atoms with Crippen molar-refractivity contribution in [1.29, 1.82) is 0 Å². The average Bonchev–Trinajstić information content (AvgIpc) is 2.54. The van der Waals surface area contributed by atoms with E-state index >= 15 is 0 Å². The van der Waals surface area contributed by atoms with E-state index < -0.39 is 0 Å². The zero-order valence-electron chi connectivity index (χ0n) is 13.6. The van der Waals surface area contributed by atoms with Gasteiger partial charge in [0.1, 0.15) is 5.75 Å². The zero-order chi connectivity index (χ0) is 14.9. The minimum atomic E-state index is 0. The molecular formula is C17H28IN3O. The van der Waals surface area contributed by atoms with Gasteiger partial charge in [0.25, 0.3) is 0 Å². The standard InChI is InChI=1S/C17H27N3O.HI/c1-3-4-7-11-19-17(18-2)20-13-14-10-12-21-16-9-6-5-8-15(14)16;/h5-6,8-9,14H,3-4,7,10-13H2,1-2H3,(H2,18,19,20);1H. The van der Waals surface area contributed by atoms with Gasteiger partial charge in [0.05, 0.1) is 6.61 Å². The summed E-state index contributed by atoms with van der Waals surface area (Å²) in [5.74, 6) is 2.42. The summed E-state index contributed by atoms with van der Waals surface area (Å²) in [6, 6.07) is 8.33. The first-order valence-electron chi connectivity index (χ1n) is 8.01. The summed E-state index contributed by atoms with van der Waals surface area (Å²) < 4.78 is 5.70. The van der Waals surface area contributed by atoms with Crippen molar-refractivity contribution in [2.75, 3.05) is 26.7 Å². The molecule has 0 fully saturated rings. The van der Waals surface area contributed by atoms with Crippen LogP contribution in [0.4, 0.5) is 0 Å². The quantitative estimate of drug-likeness (QED) is 0.322. The molecule has 4 nitrogen and oxygen atoms in total. The third-order valence-electron chi connectivity index (χ3n) is 3.90. The molecule has 0 bridgehead atoms. The van der Waals surface area contributed by atoms with E-state index in [2.05, 4.69) is 40.7 Å². The Morgan fingerprint density at radius 2 is 2.09 bits per heavy atom. The molecule has 124 valence electrons. The summed E-state index contributed by atoms with van der Waals surface area (Å²) >= 11 is 0. The summed E-state index contributed by atoms with van der Waals surface area (Å²) in [4.78, 5) is 4.29. The molecule has 1 aromatic carbocycles. The molecule has 22 heavy (non-hydrogen) atoms. The zero-order valence-corrected chi connectivity index (χ0v) is 15.9. The molecule has 0 amide bonds. The van der Waals surface area contributed by atoms with Crippen LogP contribution in [0.5, 0.6) is 5.75 Å². The predicted octanol–water partition coefficient (Wildman–Crippen LogP) is 3.53. The Labute approximate surface area is 151 Å². The first kappa shape index (κ1) is 19.1. The first-order chi connectivity index (χ1) is 10.3. The van der Waals surface area contributed by atoms with Crippen molar-refractivity contribution in [2.24, 2.45) is 4.99 Å². The molecule has 1 unspecified atom stereocenters. The van der Waals surface area contributed by atoms with Gasteiger partial charge in [-0.15, -0.1) is 24.0 Å². The third kappa shape index (κ3) is 5.66. The Morgan fingerprint density at radius 1 is 1.27 bits per heavy atom. The van der Waals surface area contributed by atoms with Crippen molar-refractivity contribution in [3.05, 3.63) is 29.8 Å². The highest BCUT2D eigenvalue weighted by atomic mass is 127. The van der Waals surface area contributed by atoms with Crippen LogP contribution in [-0.2, 0) is 0 Å². The number of unbranched alkanes of at least 4 members (excludes halogenated alkanes) is 2. The molecule has 0 spiro atoms. The minimum absolute atomic E-state index is 0. The second-order valence-corrected chi connectivity index (χ2v) is 5.46. The maximum absolute atomic E-state index is 5.70. The van der Waals surface area contributed by atoms with Crippen LogP contribution in [0.15, 0.2) is 29.3 Å². The maximum Gasteiger partial charge on any atom is 0.190 e. The van der Waals surface area contributed by atoms with Gasteiger partial charge < -0.3 is 15.4 Å². The van der Waals surface area contributed by atoms with Crippen molar-refractivity contribution in [2.45, 2.75) is 38.5 Å². The van der Waals surface area contributed by atoms with E-state index in [1.165, 1.54) is 24.8 Å². The highest BCUT2D eigenvalue weighted by Gasteiger charge is 2.20. The molecular weight excluding hydrogens is 389 g/mol. The number of guanidine groups is 1. The van der Waals surface area contributed by atoms with Crippen LogP contribution in [-0.4, -0.2) is 32.7 Å². The number of nitrogens with zero attached hydrogens (tertiary/aromatic N) is 1. The summed E-state index contributed by atoms with van der Waals surface area (Å²) in [5.41, 5.74) is 1.30. The molecule has 1 atom stereocenters.